The van der Waals surface area contributed by atoms with Crippen LogP contribution in [-0.2, 0) is 9.53 Å². The summed E-state index contributed by atoms with van der Waals surface area (Å²) in [5, 5.41) is 0. The minimum absolute atomic E-state index is 0.233. The summed E-state index contributed by atoms with van der Waals surface area (Å²) in [5.41, 5.74) is 3.35. The van der Waals surface area contributed by atoms with Gasteiger partial charge in [-0.05, 0) is 71.4 Å². The van der Waals surface area contributed by atoms with Crippen LogP contribution < -0.4 is 0 Å². The molecule has 0 radical (unpaired) electrons. The van der Waals surface area contributed by atoms with Crippen molar-refractivity contribution in [3.8, 4) is 0 Å². The van der Waals surface area contributed by atoms with E-state index in [0.29, 0.717) is 12.3 Å². The summed E-state index contributed by atoms with van der Waals surface area (Å²) in [6.07, 6.45) is 14.4. The first kappa shape index (κ1) is 18.8. The van der Waals surface area contributed by atoms with Crippen LogP contribution in [-0.4, -0.2) is 11.4 Å². The monoisotopic (exact) mass is 328 g/mol. The Bertz CT molecular complexity index is 599. The van der Waals surface area contributed by atoms with E-state index in [4.69, 9.17) is 4.74 Å². The average molecular weight is 328 g/mol. The van der Waals surface area contributed by atoms with E-state index in [-0.39, 0.29) is 11.4 Å². The zero-order chi connectivity index (χ0) is 17.7. The molecule has 0 saturated heterocycles. The first-order valence-electron chi connectivity index (χ1n) is 9.22. The van der Waals surface area contributed by atoms with Gasteiger partial charge in [0, 0.05) is 12.8 Å². The molecular formula is C22H32O2. The Morgan fingerprint density at radius 2 is 2.00 bits per heavy atom. The van der Waals surface area contributed by atoms with E-state index in [1.807, 2.05) is 6.08 Å². The first-order valence-corrected chi connectivity index (χ1v) is 9.22. The van der Waals surface area contributed by atoms with Crippen molar-refractivity contribution in [1.82, 2.24) is 0 Å². The summed E-state index contributed by atoms with van der Waals surface area (Å²) in [7, 11) is 0. The number of rotatable bonds is 6. The van der Waals surface area contributed by atoms with Gasteiger partial charge in [0.15, 0.2) is 5.78 Å². The van der Waals surface area contributed by atoms with E-state index in [9.17, 15) is 4.79 Å². The van der Waals surface area contributed by atoms with Crippen molar-refractivity contribution in [2.24, 2.45) is 5.92 Å². The van der Waals surface area contributed by atoms with Crippen LogP contribution in [0, 0.1) is 5.92 Å². The van der Waals surface area contributed by atoms with E-state index in [0.717, 1.165) is 43.4 Å². The van der Waals surface area contributed by atoms with Crippen LogP contribution in [0.4, 0.5) is 0 Å². The number of ketones is 1. The number of ether oxygens (including phenoxy) is 1. The maximum atomic E-state index is 12.1. The van der Waals surface area contributed by atoms with E-state index in [1.54, 1.807) is 0 Å². The van der Waals surface area contributed by atoms with Crippen molar-refractivity contribution >= 4 is 5.78 Å². The molecule has 2 heteroatoms. The third kappa shape index (κ3) is 5.22. The van der Waals surface area contributed by atoms with Gasteiger partial charge in [-0.15, -0.1) is 0 Å². The van der Waals surface area contributed by atoms with Crippen molar-refractivity contribution in [2.45, 2.75) is 78.7 Å². The molecule has 1 aliphatic heterocycles. The fraction of sp³-hybridized carbons (Fsp3) is 0.591. The molecule has 0 aromatic heterocycles. The second-order valence-corrected chi connectivity index (χ2v) is 7.93. The average Bonchev–Trinajstić information content (AvgIpc) is 2.45. The van der Waals surface area contributed by atoms with Crippen LogP contribution in [0.5, 0.6) is 0 Å². The second-order valence-electron chi connectivity index (χ2n) is 7.93. The molecule has 0 saturated carbocycles. The van der Waals surface area contributed by atoms with Gasteiger partial charge in [0.1, 0.15) is 11.4 Å². The Morgan fingerprint density at radius 3 is 2.71 bits per heavy atom. The van der Waals surface area contributed by atoms with E-state index < -0.39 is 0 Å². The Labute approximate surface area is 147 Å². The van der Waals surface area contributed by atoms with Crippen molar-refractivity contribution in [2.75, 3.05) is 0 Å². The lowest BCUT2D eigenvalue weighted by Crippen LogP contribution is -2.32. The van der Waals surface area contributed by atoms with Crippen LogP contribution >= 0.6 is 0 Å². The molecule has 2 aliphatic rings. The molecule has 1 aliphatic carbocycles. The maximum Gasteiger partial charge on any atom is 0.166 e. The van der Waals surface area contributed by atoms with E-state index in [1.165, 1.54) is 11.1 Å². The van der Waals surface area contributed by atoms with Crippen LogP contribution in [0.3, 0.4) is 0 Å². The van der Waals surface area contributed by atoms with Gasteiger partial charge in [0.05, 0.1) is 5.57 Å². The normalized spacial score (nSPS) is 27.0. The van der Waals surface area contributed by atoms with Crippen molar-refractivity contribution < 1.29 is 9.53 Å². The zero-order valence-corrected chi connectivity index (χ0v) is 15.9. The van der Waals surface area contributed by atoms with Gasteiger partial charge >= 0.3 is 0 Å². The van der Waals surface area contributed by atoms with Crippen LogP contribution in [0.25, 0.3) is 0 Å². The molecule has 2 atom stereocenters. The SMILES string of the molecule is CC(C)=CCC/C(C)=C/CC[C@]1(C)C=CC2=C(CC(C)CC2=O)O1. The van der Waals surface area contributed by atoms with Gasteiger partial charge in [0.25, 0.3) is 0 Å². The molecule has 0 aromatic carbocycles. The highest BCUT2D eigenvalue weighted by molar-refractivity contribution is 5.99. The second kappa shape index (κ2) is 8.00. The molecule has 0 N–H and O–H groups in total. The fourth-order valence-corrected chi connectivity index (χ4v) is 3.37. The summed E-state index contributed by atoms with van der Waals surface area (Å²) >= 11 is 0. The molecule has 2 rings (SSSR count). The van der Waals surface area contributed by atoms with Gasteiger partial charge in [-0.25, -0.2) is 0 Å². The summed E-state index contributed by atoms with van der Waals surface area (Å²) < 4.78 is 6.25. The zero-order valence-electron chi connectivity index (χ0n) is 15.9. The third-order valence-corrected chi connectivity index (χ3v) is 4.85. The van der Waals surface area contributed by atoms with Gasteiger partial charge in [-0.2, -0.15) is 0 Å². The lowest BCUT2D eigenvalue weighted by molar-refractivity contribution is -0.117. The van der Waals surface area contributed by atoms with Crippen LogP contribution in [0.1, 0.15) is 73.1 Å². The maximum absolute atomic E-state index is 12.1. The molecular weight excluding hydrogens is 296 g/mol. The molecule has 24 heavy (non-hydrogen) atoms. The molecule has 0 fully saturated rings. The summed E-state index contributed by atoms with van der Waals surface area (Å²) in [5.74, 6) is 1.54. The highest BCUT2D eigenvalue weighted by Gasteiger charge is 2.33. The standard InChI is InChI=1S/C22H32O2/c1-16(2)8-6-9-17(3)10-7-12-22(5)13-11-19-20(23)14-18(4)15-21(19)24-22/h8,10-11,13,18H,6-7,9,12,14-15H2,1-5H3/b17-10+/t18?,22-/m1/s1. The van der Waals surface area contributed by atoms with E-state index in [2.05, 4.69) is 52.8 Å². The van der Waals surface area contributed by atoms with Crippen molar-refractivity contribution in [3.63, 3.8) is 0 Å². The minimum Gasteiger partial charge on any atom is -0.487 e. The van der Waals surface area contributed by atoms with Crippen molar-refractivity contribution in [1.29, 1.82) is 0 Å². The third-order valence-electron chi connectivity index (χ3n) is 4.85. The number of hydrogen-bond acceptors (Lipinski definition) is 2. The predicted octanol–water partition coefficient (Wildman–Crippen LogP) is 6.06. The van der Waals surface area contributed by atoms with Gasteiger partial charge in [0.2, 0.25) is 0 Å². The number of carbonyl (C=O) groups is 1. The summed E-state index contributed by atoms with van der Waals surface area (Å²) in [6, 6.07) is 0. The fourth-order valence-electron chi connectivity index (χ4n) is 3.37. The Kier molecular flexibility index (Phi) is 6.26. The molecule has 1 heterocycles. The summed E-state index contributed by atoms with van der Waals surface area (Å²) in [4.78, 5) is 12.1. The number of hydrogen-bond donors (Lipinski definition) is 0. The first-order chi connectivity index (χ1) is 11.3. The lowest BCUT2D eigenvalue weighted by atomic mass is 9.84. The van der Waals surface area contributed by atoms with Gasteiger partial charge in [-0.3, -0.25) is 4.79 Å². The van der Waals surface area contributed by atoms with Crippen LogP contribution in [0.2, 0.25) is 0 Å². The van der Waals surface area contributed by atoms with Gasteiger partial charge < -0.3 is 4.74 Å². The predicted molar refractivity (Wildman–Crippen MR) is 101 cm³/mol. The van der Waals surface area contributed by atoms with E-state index >= 15 is 0 Å². The quantitative estimate of drug-likeness (QED) is 0.554. The highest BCUT2D eigenvalue weighted by Crippen LogP contribution is 2.37. The Balaban J connectivity index is 1.89. The molecule has 0 spiro atoms. The molecule has 1 unspecified atom stereocenters. The minimum atomic E-state index is -0.285. The summed E-state index contributed by atoms with van der Waals surface area (Å²) in [6.45, 7) is 10.8. The number of Topliss-reactive ketones (excluding diaryl/α,β-unsaturated/α-hetero) is 1. The number of allylic oxidation sites excluding steroid dienone is 7. The Morgan fingerprint density at radius 1 is 1.25 bits per heavy atom. The van der Waals surface area contributed by atoms with Crippen LogP contribution in [0.15, 0.2) is 46.8 Å². The molecule has 0 aromatic rings. The smallest absolute Gasteiger partial charge is 0.166 e. The highest BCUT2D eigenvalue weighted by atomic mass is 16.5. The largest absolute Gasteiger partial charge is 0.487 e. The molecule has 0 amide bonds. The molecule has 132 valence electrons. The molecule has 2 nitrogen and oxygen atoms in total. The number of carbonyl (C=O) groups excluding carboxylic acids is 1. The lowest BCUT2D eigenvalue weighted by Gasteiger charge is -2.35. The Hall–Kier alpha value is -1.57. The molecule has 0 bridgehead atoms. The van der Waals surface area contributed by atoms with Gasteiger partial charge in [-0.1, -0.05) is 30.2 Å². The van der Waals surface area contributed by atoms with Crippen molar-refractivity contribution in [3.05, 3.63) is 46.8 Å². The topological polar surface area (TPSA) is 26.3 Å².